The number of carbonyl (C=O) groups excluding carboxylic acids is 1. The highest BCUT2D eigenvalue weighted by atomic mass is 16.3. The van der Waals surface area contributed by atoms with Crippen LogP contribution >= 0.6 is 0 Å². The van der Waals surface area contributed by atoms with E-state index in [-0.39, 0.29) is 17.8 Å². The Kier molecular flexibility index (Phi) is 2.49. The monoisotopic (exact) mass is 205 g/mol. The molecule has 0 unspecified atom stereocenters. The number of nitrogens with two attached hydrogens (primary N) is 1. The first-order valence-corrected chi connectivity index (χ1v) is 5.15. The van der Waals surface area contributed by atoms with Crippen molar-refractivity contribution >= 4 is 11.5 Å². The molecular weight excluding hydrogens is 190 g/mol. The fourth-order valence-corrected chi connectivity index (χ4v) is 1.72. The highest BCUT2D eigenvalue weighted by Crippen LogP contribution is 2.48. The lowest BCUT2D eigenvalue weighted by molar-refractivity contribution is 0.0922. The molecule has 0 heterocycles. The van der Waals surface area contributed by atoms with Crippen LogP contribution in [0.15, 0.2) is 24.3 Å². The minimum Gasteiger partial charge on any atom is -0.399 e. The van der Waals surface area contributed by atoms with Gasteiger partial charge in [-0.2, -0.15) is 0 Å². The molecule has 3 heteroatoms. The van der Waals surface area contributed by atoms with Crippen molar-refractivity contribution in [1.29, 1.82) is 0 Å². The Morgan fingerprint density at radius 3 is 2.73 bits per heavy atom. The Labute approximate surface area is 88.9 Å². The lowest BCUT2D eigenvalue weighted by Crippen LogP contribution is -2.13. The maximum absolute atomic E-state index is 11.8. The highest BCUT2D eigenvalue weighted by Gasteiger charge is 2.43. The summed E-state index contributed by atoms with van der Waals surface area (Å²) < 4.78 is 0. The number of hydrogen-bond acceptors (Lipinski definition) is 3. The van der Waals surface area contributed by atoms with Crippen molar-refractivity contribution in [1.82, 2.24) is 0 Å². The second-order valence-electron chi connectivity index (χ2n) is 4.38. The van der Waals surface area contributed by atoms with Gasteiger partial charge in [-0.15, -0.1) is 0 Å². The zero-order valence-electron chi connectivity index (χ0n) is 8.57. The topological polar surface area (TPSA) is 63.3 Å². The van der Waals surface area contributed by atoms with E-state index in [9.17, 15) is 4.79 Å². The molecule has 0 aromatic heterocycles. The van der Waals surface area contributed by atoms with Gasteiger partial charge >= 0.3 is 0 Å². The van der Waals surface area contributed by atoms with Crippen LogP contribution in [-0.2, 0) is 0 Å². The maximum Gasteiger partial charge on any atom is 0.163 e. The van der Waals surface area contributed by atoms with Crippen molar-refractivity contribution < 1.29 is 9.90 Å². The van der Waals surface area contributed by atoms with Gasteiger partial charge < -0.3 is 10.8 Å². The van der Waals surface area contributed by atoms with E-state index in [1.807, 2.05) is 0 Å². The maximum atomic E-state index is 11.8. The molecule has 2 rings (SSSR count). The van der Waals surface area contributed by atoms with Gasteiger partial charge in [0.15, 0.2) is 5.78 Å². The van der Waals surface area contributed by atoms with Crippen molar-refractivity contribution in [2.75, 3.05) is 12.3 Å². The summed E-state index contributed by atoms with van der Waals surface area (Å²) in [6.45, 7) is 0.112. The summed E-state index contributed by atoms with van der Waals surface area (Å²) in [5.41, 5.74) is 6.74. The van der Waals surface area contributed by atoms with Gasteiger partial charge in [0.2, 0.25) is 0 Å². The first kappa shape index (κ1) is 10.2. The first-order chi connectivity index (χ1) is 7.15. The van der Waals surface area contributed by atoms with Crippen molar-refractivity contribution in [2.24, 2.45) is 5.41 Å². The first-order valence-electron chi connectivity index (χ1n) is 5.15. The number of aliphatic hydroxyl groups excluding tert-OH is 1. The van der Waals surface area contributed by atoms with Gasteiger partial charge in [0, 0.05) is 29.7 Å². The van der Waals surface area contributed by atoms with Gasteiger partial charge in [-0.05, 0) is 25.0 Å². The van der Waals surface area contributed by atoms with Gasteiger partial charge in [0.25, 0.3) is 0 Å². The Hall–Kier alpha value is -1.35. The molecule has 1 aromatic rings. The van der Waals surface area contributed by atoms with Gasteiger partial charge in [-0.1, -0.05) is 12.1 Å². The van der Waals surface area contributed by atoms with E-state index in [0.29, 0.717) is 17.7 Å². The average Bonchev–Trinajstić information content (AvgIpc) is 2.98. The van der Waals surface area contributed by atoms with E-state index in [2.05, 4.69) is 0 Å². The number of ketones is 1. The van der Waals surface area contributed by atoms with Crippen molar-refractivity contribution in [3.63, 3.8) is 0 Å². The van der Waals surface area contributed by atoms with Crippen molar-refractivity contribution in [2.45, 2.75) is 19.3 Å². The average molecular weight is 205 g/mol. The number of Topliss-reactive ketones (excluding diaryl/α,β-unsaturated/α-hetero) is 1. The van der Waals surface area contributed by atoms with Gasteiger partial charge in [0.05, 0.1) is 0 Å². The third-order valence-electron chi connectivity index (χ3n) is 3.04. The number of rotatable bonds is 4. The summed E-state index contributed by atoms with van der Waals surface area (Å²) in [7, 11) is 0. The van der Waals surface area contributed by atoms with Crippen LogP contribution in [0.25, 0.3) is 0 Å². The molecule has 0 atom stereocenters. The second kappa shape index (κ2) is 3.66. The quantitative estimate of drug-likeness (QED) is 0.580. The molecule has 1 aromatic carbocycles. The van der Waals surface area contributed by atoms with Crippen LogP contribution in [0.2, 0.25) is 0 Å². The van der Waals surface area contributed by atoms with E-state index in [0.717, 1.165) is 12.8 Å². The summed E-state index contributed by atoms with van der Waals surface area (Å²) in [4.78, 5) is 11.8. The Balaban J connectivity index is 2.08. The molecule has 1 fully saturated rings. The van der Waals surface area contributed by atoms with Crippen molar-refractivity contribution in [3.05, 3.63) is 29.8 Å². The van der Waals surface area contributed by atoms with E-state index in [1.54, 1.807) is 24.3 Å². The Morgan fingerprint density at radius 2 is 2.20 bits per heavy atom. The lowest BCUT2D eigenvalue weighted by Gasteiger charge is -2.10. The molecule has 1 saturated carbocycles. The number of hydrogen-bond donors (Lipinski definition) is 2. The minimum atomic E-state index is -0.123. The molecule has 80 valence electrons. The fourth-order valence-electron chi connectivity index (χ4n) is 1.72. The van der Waals surface area contributed by atoms with Crippen LogP contribution in [0.4, 0.5) is 5.69 Å². The molecule has 1 aliphatic carbocycles. The number of benzene rings is 1. The molecule has 1 aliphatic rings. The molecule has 3 nitrogen and oxygen atoms in total. The summed E-state index contributed by atoms with van der Waals surface area (Å²) in [5.74, 6) is 0.0776. The third kappa shape index (κ3) is 2.18. The fraction of sp³-hybridized carbons (Fsp3) is 0.417. The summed E-state index contributed by atoms with van der Waals surface area (Å²) in [5, 5.41) is 9.13. The van der Waals surface area contributed by atoms with Crippen molar-refractivity contribution in [3.8, 4) is 0 Å². The van der Waals surface area contributed by atoms with E-state index >= 15 is 0 Å². The van der Waals surface area contributed by atoms with Crippen LogP contribution in [0.3, 0.4) is 0 Å². The Bertz CT molecular complexity index is 383. The molecular formula is C12H15NO2. The molecule has 0 radical (unpaired) electrons. The molecule has 0 bridgehead atoms. The molecule has 0 spiro atoms. The highest BCUT2D eigenvalue weighted by molar-refractivity contribution is 5.97. The molecule has 0 aliphatic heterocycles. The summed E-state index contributed by atoms with van der Waals surface area (Å²) in [6.07, 6.45) is 2.35. The standard InChI is InChI=1S/C12H15NO2/c13-10-3-1-2-9(6-10)11(15)7-12(8-14)4-5-12/h1-3,6,14H,4-5,7-8,13H2. The van der Waals surface area contributed by atoms with Gasteiger partial charge in [0.1, 0.15) is 0 Å². The summed E-state index contributed by atoms with van der Waals surface area (Å²) in [6, 6.07) is 7.00. The van der Waals surface area contributed by atoms with Crippen LogP contribution < -0.4 is 5.73 Å². The SMILES string of the molecule is Nc1cccc(C(=O)CC2(CO)CC2)c1. The number of nitrogen functional groups attached to an aromatic ring is 1. The number of anilines is 1. The Morgan fingerprint density at radius 1 is 1.47 bits per heavy atom. The van der Waals surface area contributed by atoms with E-state index in [4.69, 9.17) is 10.8 Å². The van der Waals surface area contributed by atoms with Gasteiger partial charge in [-0.25, -0.2) is 0 Å². The van der Waals surface area contributed by atoms with Gasteiger partial charge in [-0.3, -0.25) is 4.79 Å². The van der Waals surface area contributed by atoms with Crippen LogP contribution in [-0.4, -0.2) is 17.5 Å². The van der Waals surface area contributed by atoms with Crippen LogP contribution in [0.5, 0.6) is 0 Å². The molecule has 0 amide bonds. The summed E-state index contributed by atoms with van der Waals surface area (Å²) >= 11 is 0. The zero-order valence-corrected chi connectivity index (χ0v) is 8.57. The zero-order chi connectivity index (χ0) is 10.9. The molecule has 0 saturated heterocycles. The normalized spacial score (nSPS) is 17.4. The van der Waals surface area contributed by atoms with Crippen LogP contribution in [0, 0.1) is 5.41 Å². The largest absolute Gasteiger partial charge is 0.399 e. The molecule has 3 N–H and O–H groups in total. The van der Waals surface area contributed by atoms with E-state index in [1.165, 1.54) is 0 Å². The number of aliphatic hydroxyl groups is 1. The predicted octanol–water partition coefficient (Wildman–Crippen LogP) is 1.61. The smallest absolute Gasteiger partial charge is 0.163 e. The van der Waals surface area contributed by atoms with E-state index < -0.39 is 0 Å². The third-order valence-corrected chi connectivity index (χ3v) is 3.04. The lowest BCUT2D eigenvalue weighted by atomic mass is 9.96. The minimum absolute atomic E-state index is 0.0776. The molecule has 15 heavy (non-hydrogen) atoms. The predicted molar refractivity (Wildman–Crippen MR) is 58.6 cm³/mol. The second-order valence-corrected chi connectivity index (χ2v) is 4.38. The number of carbonyl (C=O) groups is 1. The van der Waals surface area contributed by atoms with Crippen LogP contribution in [0.1, 0.15) is 29.6 Å².